The first-order chi connectivity index (χ1) is 7.83. The lowest BCUT2D eigenvalue weighted by Gasteiger charge is -2.04. The first kappa shape index (κ1) is 11.7. The molecule has 0 radical (unpaired) electrons. The van der Waals surface area contributed by atoms with E-state index in [2.05, 4.69) is 11.9 Å². The van der Waals surface area contributed by atoms with E-state index in [1.165, 1.54) is 11.3 Å². The van der Waals surface area contributed by atoms with E-state index in [1.807, 2.05) is 23.2 Å². The van der Waals surface area contributed by atoms with E-state index in [9.17, 15) is 4.79 Å². The summed E-state index contributed by atoms with van der Waals surface area (Å²) < 4.78 is 2.49. The molecular formula is C11H14N2OS2. The van der Waals surface area contributed by atoms with Crippen molar-refractivity contribution >= 4 is 33.3 Å². The van der Waals surface area contributed by atoms with Gasteiger partial charge in [-0.3, -0.25) is 9.36 Å². The number of thioether (sulfide) groups is 1. The molecule has 0 N–H and O–H groups in total. The van der Waals surface area contributed by atoms with Crippen LogP contribution in [0.3, 0.4) is 0 Å². The Bertz CT molecular complexity index is 518. The van der Waals surface area contributed by atoms with E-state index in [1.54, 1.807) is 10.9 Å². The highest BCUT2D eigenvalue weighted by Gasteiger charge is 2.04. The molecule has 0 aromatic carbocycles. The molecule has 2 aromatic heterocycles. The van der Waals surface area contributed by atoms with Gasteiger partial charge in [0.25, 0.3) is 5.56 Å². The monoisotopic (exact) mass is 254 g/mol. The minimum Gasteiger partial charge on any atom is -0.298 e. The molecule has 0 bridgehead atoms. The number of thiophene rings is 1. The highest BCUT2D eigenvalue weighted by atomic mass is 32.2. The Balaban J connectivity index is 2.12. The van der Waals surface area contributed by atoms with Crippen LogP contribution in [0.2, 0.25) is 0 Å². The molecule has 0 fully saturated rings. The number of hydrogen-bond acceptors (Lipinski definition) is 4. The highest BCUT2D eigenvalue weighted by Crippen LogP contribution is 2.13. The SMILES string of the molecule is CCSCCCn1cnc2ccsc2c1=O. The lowest BCUT2D eigenvalue weighted by Crippen LogP contribution is -2.19. The maximum atomic E-state index is 12.0. The molecule has 0 unspecified atom stereocenters. The standard InChI is InChI=1S/C11H14N2OS2/c1-2-15-6-3-5-13-8-12-9-4-7-16-10(9)11(13)14/h4,7-8H,2-3,5-6H2,1H3. The van der Waals surface area contributed by atoms with Gasteiger partial charge in [0, 0.05) is 6.54 Å². The fourth-order valence-electron chi connectivity index (χ4n) is 1.52. The van der Waals surface area contributed by atoms with Crippen molar-refractivity contribution < 1.29 is 0 Å². The number of nitrogens with zero attached hydrogens (tertiary/aromatic N) is 2. The number of rotatable bonds is 5. The second-order valence-corrected chi connectivity index (χ2v) is 5.74. The van der Waals surface area contributed by atoms with Crippen molar-refractivity contribution in [3.8, 4) is 0 Å². The Hall–Kier alpha value is -0.810. The van der Waals surface area contributed by atoms with Crippen LogP contribution >= 0.6 is 23.1 Å². The quantitative estimate of drug-likeness (QED) is 0.769. The van der Waals surface area contributed by atoms with Crippen LogP contribution in [0.1, 0.15) is 13.3 Å². The van der Waals surface area contributed by atoms with Gasteiger partial charge in [0.1, 0.15) is 4.70 Å². The summed E-state index contributed by atoms with van der Waals surface area (Å²) in [6.45, 7) is 2.92. The summed E-state index contributed by atoms with van der Waals surface area (Å²) in [5, 5.41) is 1.91. The largest absolute Gasteiger partial charge is 0.298 e. The van der Waals surface area contributed by atoms with Crippen LogP contribution < -0.4 is 5.56 Å². The zero-order valence-corrected chi connectivity index (χ0v) is 10.8. The van der Waals surface area contributed by atoms with Gasteiger partial charge < -0.3 is 0 Å². The average Bonchev–Trinajstić information content (AvgIpc) is 2.76. The van der Waals surface area contributed by atoms with Crippen LogP contribution in [0.5, 0.6) is 0 Å². The molecule has 0 spiro atoms. The number of fused-ring (bicyclic) bond motifs is 1. The van der Waals surface area contributed by atoms with Gasteiger partial charge in [0.05, 0.1) is 11.8 Å². The summed E-state index contributed by atoms with van der Waals surface area (Å²) in [7, 11) is 0. The predicted octanol–water partition coefficient (Wildman–Crippen LogP) is 2.60. The average molecular weight is 254 g/mol. The number of aryl methyl sites for hydroxylation is 1. The van der Waals surface area contributed by atoms with Crippen molar-refractivity contribution in [3.05, 3.63) is 28.1 Å². The van der Waals surface area contributed by atoms with Gasteiger partial charge >= 0.3 is 0 Å². The number of hydrogen-bond donors (Lipinski definition) is 0. The van der Waals surface area contributed by atoms with Gasteiger partial charge in [-0.1, -0.05) is 6.92 Å². The molecule has 16 heavy (non-hydrogen) atoms. The van der Waals surface area contributed by atoms with Gasteiger partial charge in [-0.05, 0) is 29.4 Å². The van der Waals surface area contributed by atoms with E-state index >= 15 is 0 Å². The lowest BCUT2D eigenvalue weighted by molar-refractivity contribution is 0.653. The van der Waals surface area contributed by atoms with Gasteiger partial charge in [-0.2, -0.15) is 11.8 Å². The summed E-state index contributed by atoms with van der Waals surface area (Å²) >= 11 is 3.38. The second kappa shape index (κ2) is 5.50. The topological polar surface area (TPSA) is 34.9 Å². The smallest absolute Gasteiger partial charge is 0.271 e. The molecular weight excluding hydrogens is 240 g/mol. The van der Waals surface area contributed by atoms with Gasteiger partial charge in [0.2, 0.25) is 0 Å². The molecule has 0 amide bonds. The summed E-state index contributed by atoms with van der Waals surface area (Å²) in [4.78, 5) is 16.2. The van der Waals surface area contributed by atoms with Crippen molar-refractivity contribution in [2.45, 2.75) is 19.9 Å². The van der Waals surface area contributed by atoms with Gasteiger partial charge in [-0.15, -0.1) is 11.3 Å². The Morgan fingerprint density at radius 1 is 1.56 bits per heavy atom. The van der Waals surface area contributed by atoms with E-state index in [-0.39, 0.29) is 5.56 Å². The molecule has 0 aliphatic heterocycles. The molecule has 2 heterocycles. The zero-order valence-electron chi connectivity index (χ0n) is 9.18. The van der Waals surface area contributed by atoms with Crippen molar-refractivity contribution in [3.63, 3.8) is 0 Å². The molecule has 0 aliphatic rings. The Kier molecular flexibility index (Phi) is 4.01. The second-order valence-electron chi connectivity index (χ2n) is 3.43. The van der Waals surface area contributed by atoms with Crippen LogP contribution in [0.25, 0.3) is 10.2 Å². The van der Waals surface area contributed by atoms with Crippen LogP contribution in [0.4, 0.5) is 0 Å². The molecule has 86 valence electrons. The van der Waals surface area contributed by atoms with E-state index in [0.717, 1.165) is 34.7 Å². The van der Waals surface area contributed by atoms with Crippen molar-refractivity contribution in [2.24, 2.45) is 0 Å². The Morgan fingerprint density at radius 3 is 3.25 bits per heavy atom. The maximum Gasteiger partial charge on any atom is 0.271 e. The first-order valence-electron chi connectivity index (χ1n) is 5.33. The molecule has 0 atom stereocenters. The van der Waals surface area contributed by atoms with E-state index in [4.69, 9.17) is 0 Å². The van der Waals surface area contributed by atoms with Crippen molar-refractivity contribution in [1.82, 2.24) is 9.55 Å². The summed E-state index contributed by atoms with van der Waals surface area (Å²) in [6, 6.07) is 1.89. The fourth-order valence-corrected chi connectivity index (χ4v) is 2.93. The molecule has 3 nitrogen and oxygen atoms in total. The lowest BCUT2D eigenvalue weighted by atomic mass is 10.4. The molecule has 0 saturated carbocycles. The third-order valence-electron chi connectivity index (χ3n) is 2.33. The first-order valence-corrected chi connectivity index (χ1v) is 7.36. The van der Waals surface area contributed by atoms with Gasteiger partial charge in [-0.25, -0.2) is 4.98 Å². The molecule has 5 heteroatoms. The van der Waals surface area contributed by atoms with Gasteiger partial charge in [0.15, 0.2) is 0 Å². The fraction of sp³-hybridized carbons (Fsp3) is 0.455. The van der Waals surface area contributed by atoms with Crippen LogP contribution in [0, 0.1) is 0 Å². The minimum absolute atomic E-state index is 0.0986. The predicted molar refractivity (Wildman–Crippen MR) is 71.5 cm³/mol. The Morgan fingerprint density at radius 2 is 2.44 bits per heavy atom. The summed E-state index contributed by atoms with van der Waals surface area (Å²) in [6.07, 6.45) is 2.69. The van der Waals surface area contributed by atoms with Crippen LogP contribution in [-0.2, 0) is 6.54 Å². The molecule has 2 rings (SSSR count). The third kappa shape index (κ3) is 2.47. The van der Waals surface area contributed by atoms with E-state index in [0.29, 0.717) is 0 Å². The molecule has 0 aliphatic carbocycles. The van der Waals surface area contributed by atoms with Crippen LogP contribution in [-0.4, -0.2) is 21.1 Å². The molecule has 0 saturated heterocycles. The third-order valence-corrected chi connectivity index (χ3v) is 4.20. The summed E-state index contributed by atoms with van der Waals surface area (Å²) in [5.74, 6) is 2.24. The van der Waals surface area contributed by atoms with Crippen molar-refractivity contribution in [1.29, 1.82) is 0 Å². The highest BCUT2D eigenvalue weighted by molar-refractivity contribution is 7.99. The summed E-state index contributed by atoms with van der Waals surface area (Å²) in [5.41, 5.74) is 0.913. The van der Waals surface area contributed by atoms with Crippen molar-refractivity contribution in [2.75, 3.05) is 11.5 Å². The minimum atomic E-state index is 0.0986. The zero-order chi connectivity index (χ0) is 11.4. The Labute approximate surface area is 103 Å². The normalized spacial score (nSPS) is 11.1. The number of aromatic nitrogens is 2. The molecule has 2 aromatic rings. The van der Waals surface area contributed by atoms with Crippen LogP contribution in [0.15, 0.2) is 22.6 Å². The van der Waals surface area contributed by atoms with E-state index < -0.39 is 0 Å². The maximum absolute atomic E-state index is 12.0.